The van der Waals surface area contributed by atoms with Gasteiger partial charge in [0.15, 0.2) is 3.92 Å². The maximum atomic E-state index is 5.95. The molecule has 0 aliphatic carbocycles. The quantitative estimate of drug-likeness (QED) is 0.699. The third kappa shape index (κ3) is 1.26. The molecule has 62 valence electrons. The molecular weight excluding hydrogens is 258 g/mol. The number of hydrogen-bond acceptors (Lipinski definition) is 2. The van der Waals surface area contributed by atoms with E-state index >= 15 is 0 Å². The summed E-state index contributed by atoms with van der Waals surface area (Å²) in [6.07, 6.45) is 0. The minimum atomic E-state index is 0.778. The number of hydrogen-bond donors (Lipinski definition) is 0. The van der Waals surface area contributed by atoms with Crippen LogP contribution < -0.4 is 0 Å². The monoisotopic (exact) mass is 261 g/mol. The fourth-order valence-electron chi connectivity index (χ4n) is 1.07. The first-order valence-corrected chi connectivity index (χ1v) is 5.38. The summed E-state index contributed by atoms with van der Waals surface area (Å²) in [4.78, 5) is 4.32. The molecule has 0 atom stereocenters. The number of halogens is 2. The molecule has 0 amide bonds. The van der Waals surface area contributed by atoms with Gasteiger partial charge in [-0.25, -0.2) is 4.98 Å². The van der Waals surface area contributed by atoms with E-state index < -0.39 is 0 Å². The predicted octanol–water partition coefficient (Wildman–Crippen LogP) is 4.02. The van der Waals surface area contributed by atoms with Crippen molar-refractivity contribution in [3.05, 3.63) is 26.6 Å². The molecule has 2 rings (SSSR count). The fourth-order valence-corrected chi connectivity index (χ4v) is 2.68. The van der Waals surface area contributed by atoms with Gasteiger partial charge >= 0.3 is 0 Å². The second-order valence-corrected chi connectivity index (χ2v) is 5.20. The molecule has 0 saturated heterocycles. The second-order valence-electron chi connectivity index (χ2n) is 2.49. The molecule has 0 N–H and O–H groups in total. The largest absolute Gasteiger partial charge is 0.229 e. The summed E-state index contributed by atoms with van der Waals surface area (Å²) in [5, 5.41) is 0.778. The Hall–Kier alpha value is -0.120. The number of thiazole rings is 1. The van der Waals surface area contributed by atoms with Crippen LogP contribution in [-0.2, 0) is 0 Å². The number of aryl methyl sites for hydroxylation is 1. The lowest BCUT2D eigenvalue weighted by atomic mass is 10.2. The molecule has 0 radical (unpaired) electrons. The minimum Gasteiger partial charge on any atom is -0.229 e. The number of aromatic nitrogens is 1. The Bertz CT molecular complexity index is 438. The van der Waals surface area contributed by atoms with Crippen LogP contribution in [0.1, 0.15) is 5.56 Å². The lowest BCUT2D eigenvalue weighted by molar-refractivity contribution is 1.40. The van der Waals surface area contributed by atoms with Crippen molar-refractivity contribution in [1.29, 1.82) is 0 Å². The number of fused-ring (bicyclic) bond motifs is 1. The molecule has 2 aromatic rings. The molecule has 1 aromatic heterocycles. The van der Waals surface area contributed by atoms with Crippen LogP contribution in [0.15, 0.2) is 16.0 Å². The highest BCUT2D eigenvalue weighted by Crippen LogP contribution is 2.31. The maximum absolute atomic E-state index is 5.95. The van der Waals surface area contributed by atoms with Gasteiger partial charge in [0.25, 0.3) is 0 Å². The molecular formula is C8H5BrClNS. The molecule has 0 aliphatic rings. The van der Waals surface area contributed by atoms with Gasteiger partial charge in [0, 0.05) is 5.02 Å². The first kappa shape index (κ1) is 8.48. The minimum absolute atomic E-state index is 0.778. The average molecular weight is 263 g/mol. The van der Waals surface area contributed by atoms with Crippen molar-refractivity contribution < 1.29 is 0 Å². The van der Waals surface area contributed by atoms with Crippen molar-refractivity contribution in [3.63, 3.8) is 0 Å². The summed E-state index contributed by atoms with van der Waals surface area (Å²) in [5.41, 5.74) is 2.05. The SMILES string of the molecule is Cc1c(Cl)ccc2sc(Br)nc12. The summed E-state index contributed by atoms with van der Waals surface area (Å²) in [6, 6.07) is 3.90. The van der Waals surface area contributed by atoms with E-state index in [1.54, 1.807) is 11.3 Å². The van der Waals surface area contributed by atoms with E-state index in [1.807, 2.05) is 19.1 Å². The third-order valence-corrected chi connectivity index (χ3v) is 3.60. The number of benzene rings is 1. The van der Waals surface area contributed by atoms with Gasteiger partial charge in [0.2, 0.25) is 0 Å². The topological polar surface area (TPSA) is 12.9 Å². The van der Waals surface area contributed by atoms with E-state index in [-0.39, 0.29) is 0 Å². The molecule has 0 fully saturated rings. The van der Waals surface area contributed by atoms with Gasteiger partial charge in [-0.1, -0.05) is 11.6 Å². The van der Waals surface area contributed by atoms with Gasteiger partial charge in [-0.2, -0.15) is 0 Å². The van der Waals surface area contributed by atoms with Crippen LogP contribution >= 0.6 is 38.9 Å². The van der Waals surface area contributed by atoms with Crippen LogP contribution in [0.2, 0.25) is 5.02 Å². The fraction of sp³-hybridized carbons (Fsp3) is 0.125. The van der Waals surface area contributed by atoms with Crippen LogP contribution in [0.3, 0.4) is 0 Å². The standard InChI is InChI=1S/C8H5BrClNS/c1-4-5(10)2-3-6-7(4)11-8(9)12-6/h2-3H,1H3. The first-order valence-electron chi connectivity index (χ1n) is 3.39. The Morgan fingerprint density at radius 3 is 3.00 bits per heavy atom. The molecule has 12 heavy (non-hydrogen) atoms. The zero-order valence-electron chi connectivity index (χ0n) is 6.27. The van der Waals surface area contributed by atoms with Gasteiger partial charge in [0.1, 0.15) is 0 Å². The summed E-state index contributed by atoms with van der Waals surface area (Å²) in [6.45, 7) is 1.98. The predicted molar refractivity (Wildman–Crippen MR) is 57.1 cm³/mol. The lowest BCUT2D eigenvalue weighted by Gasteiger charge is -1.95. The molecule has 1 nitrogen and oxygen atoms in total. The Morgan fingerprint density at radius 2 is 2.25 bits per heavy atom. The van der Waals surface area contributed by atoms with Crippen LogP contribution in [0.4, 0.5) is 0 Å². The molecule has 0 spiro atoms. The van der Waals surface area contributed by atoms with Crippen LogP contribution in [0, 0.1) is 6.92 Å². The summed E-state index contributed by atoms with van der Waals surface area (Å²) < 4.78 is 2.08. The Kier molecular flexibility index (Phi) is 2.10. The molecule has 0 unspecified atom stereocenters. The molecule has 1 heterocycles. The van der Waals surface area contributed by atoms with E-state index in [4.69, 9.17) is 11.6 Å². The highest BCUT2D eigenvalue weighted by molar-refractivity contribution is 9.11. The maximum Gasteiger partial charge on any atom is 0.160 e. The van der Waals surface area contributed by atoms with Crippen LogP contribution in [0.5, 0.6) is 0 Å². The van der Waals surface area contributed by atoms with E-state index in [0.717, 1.165) is 20.0 Å². The summed E-state index contributed by atoms with van der Waals surface area (Å²) >= 11 is 10.9. The average Bonchev–Trinajstić information content (AvgIpc) is 2.39. The number of nitrogens with zero attached hydrogens (tertiary/aromatic N) is 1. The van der Waals surface area contributed by atoms with Gasteiger partial charge in [0.05, 0.1) is 10.2 Å². The van der Waals surface area contributed by atoms with Crippen LogP contribution in [-0.4, -0.2) is 4.98 Å². The Labute approximate surface area is 87.5 Å². The van der Waals surface area contributed by atoms with Crippen molar-refractivity contribution in [2.24, 2.45) is 0 Å². The summed E-state index contributed by atoms with van der Waals surface area (Å²) in [5.74, 6) is 0. The Morgan fingerprint density at radius 1 is 1.50 bits per heavy atom. The normalized spacial score (nSPS) is 10.9. The Balaban J connectivity index is 2.89. The molecule has 0 bridgehead atoms. The van der Waals surface area contributed by atoms with E-state index in [9.17, 15) is 0 Å². The number of rotatable bonds is 0. The molecule has 4 heteroatoms. The third-order valence-electron chi connectivity index (χ3n) is 1.72. The van der Waals surface area contributed by atoms with Crippen molar-refractivity contribution in [1.82, 2.24) is 4.98 Å². The van der Waals surface area contributed by atoms with Crippen LogP contribution in [0.25, 0.3) is 10.2 Å². The van der Waals surface area contributed by atoms with E-state index in [0.29, 0.717) is 0 Å². The first-order chi connectivity index (χ1) is 5.68. The zero-order chi connectivity index (χ0) is 8.72. The highest BCUT2D eigenvalue weighted by atomic mass is 79.9. The second kappa shape index (κ2) is 2.98. The van der Waals surface area contributed by atoms with Crippen molar-refractivity contribution in [3.8, 4) is 0 Å². The highest BCUT2D eigenvalue weighted by Gasteiger charge is 2.05. The van der Waals surface area contributed by atoms with Crippen molar-refractivity contribution in [2.45, 2.75) is 6.92 Å². The van der Waals surface area contributed by atoms with Crippen molar-refractivity contribution in [2.75, 3.05) is 0 Å². The molecule has 1 aromatic carbocycles. The van der Waals surface area contributed by atoms with Gasteiger partial charge in [-0.15, -0.1) is 11.3 Å². The molecule has 0 aliphatic heterocycles. The van der Waals surface area contributed by atoms with Gasteiger partial charge < -0.3 is 0 Å². The zero-order valence-corrected chi connectivity index (χ0v) is 9.42. The van der Waals surface area contributed by atoms with E-state index in [2.05, 4.69) is 20.9 Å². The smallest absolute Gasteiger partial charge is 0.160 e. The van der Waals surface area contributed by atoms with Gasteiger partial charge in [-0.05, 0) is 40.5 Å². The molecule has 0 saturated carbocycles. The summed E-state index contributed by atoms with van der Waals surface area (Å²) in [7, 11) is 0. The van der Waals surface area contributed by atoms with Crippen molar-refractivity contribution >= 4 is 49.1 Å². The van der Waals surface area contributed by atoms with Gasteiger partial charge in [-0.3, -0.25) is 0 Å². The van der Waals surface area contributed by atoms with E-state index in [1.165, 1.54) is 4.70 Å². The lowest BCUT2D eigenvalue weighted by Crippen LogP contribution is -1.77.